The van der Waals surface area contributed by atoms with Gasteiger partial charge in [-0.25, -0.2) is 9.78 Å². The van der Waals surface area contributed by atoms with Crippen molar-refractivity contribution in [2.75, 3.05) is 5.32 Å². The molecule has 0 unspecified atom stereocenters. The molecule has 1 aromatic carbocycles. The fraction of sp³-hybridized carbons (Fsp3) is 0.333. The number of fused-ring (bicyclic) bond motifs is 1. The number of hydrogen-bond acceptors (Lipinski definition) is 3. The zero-order chi connectivity index (χ0) is 14.7. The molecule has 2 N–H and O–H groups in total. The Balaban J connectivity index is 1.54. The summed E-state index contributed by atoms with van der Waals surface area (Å²) >= 11 is 7.41. The second-order valence-corrected chi connectivity index (χ2v) is 6.55. The Bertz CT molecular complexity index is 615. The number of thiazole rings is 1. The lowest BCUT2D eigenvalue weighted by Gasteiger charge is -2.06. The second-order valence-electron chi connectivity index (χ2n) is 5.03. The van der Waals surface area contributed by atoms with E-state index in [9.17, 15) is 4.79 Å². The standard InChI is InChI=1S/C15H16ClN3OS/c16-11-7-5-10(6-8-11)9-17-14(20)19-15-18-12-3-1-2-4-13(12)21-15/h5-8H,1-4,9H2,(H2,17,18,19,20). The van der Waals surface area contributed by atoms with Crippen molar-refractivity contribution in [1.29, 1.82) is 0 Å². The monoisotopic (exact) mass is 321 g/mol. The topological polar surface area (TPSA) is 54.0 Å². The molecule has 4 nitrogen and oxygen atoms in total. The molecule has 1 heterocycles. The van der Waals surface area contributed by atoms with Crippen molar-refractivity contribution in [1.82, 2.24) is 10.3 Å². The number of anilines is 1. The number of nitrogens with zero attached hydrogens (tertiary/aromatic N) is 1. The zero-order valence-corrected chi connectivity index (χ0v) is 13.1. The quantitative estimate of drug-likeness (QED) is 0.897. The maximum absolute atomic E-state index is 11.9. The summed E-state index contributed by atoms with van der Waals surface area (Å²) in [5.41, 5.74) is 2.16. The lowest BCUT2D eigenvalue weighted by Crippen LogP contribution is -2.28. The highest BCUT2D eigenvalue weighted by molar-refractivity contribution is 7.15. The minimum atomic E-state index is -0.226. The average Bonchev–Trinajstić information content (AvgIpc) is 2.88. The molecule has 110 valence electrons. The Hall–Kier alpha value is -1.59. The highest BCUT2D eigenvalue weighted by atomic mass is 35.5. The maximum atomic E-state index is 11.9. The van der Waals surface area contributed by atoms with Crippen molar-refractivity contribution in [2.24, 2.45) is 0 Å². The van der Waals surface area contributed by atoms with Crippen molar-refractivity contribution < 1.29 is 4.79 Å². The van der Waals surface area contributed by atoms with Crippen LogP contribution >= 0.6 is 22.9 Å². The fourth-order valence-corrected chi connectivity index (χ4v) is 3.50. The fourth-order valence-electron chi connectivity index (χ4n) is 2.33. The number of benzene rings is 1. The van der Waals surface area contributed by atoms with Crippen LogP contribution in [0.25, 0.3) is 0 Å². The van der Waals surface area contributed by atoms with Crippen LogP contribution in [0, 0.1) is 0 Å². The van der Waals surface area contributed by atoms with Crippen LogP contribution in [0.4, 0.5) is 9.93 Å². The zero-order valence-electron chi connectivity index (χ0n) is 11.5. The van der Waals surface area contributed by atoms with Crippen molar-refractivity contribution in [3.05, 3.63) is 45.4 Å². The Morgan fingerprint density at radius 1 is 1.24 bits per heavy atom. The summed E-state index contributed by atoms with van der Waals surface area (Å²) in [7, 11) is 0. The smallest absolute Gasteiger partial charge is 0.321 e. The number of carbonyl (C=O) groups is 1. The summed E-state index contributed by atoms with van der Waals surface area (Å²) in [6, 6.07) is 7.18. The highest BCUT2D eigenvalue weighted by Crippen LogP contribution is 2.29. The molecule has 0 saturated heterocycles. The van der Waals surface area contributed by atoms with Crippen LogP contribution < -0.4 is 10.6 Å². The molecule has 0 aliphatic heterocycles. The molecule has 21 heavy (non-hydrogen) atoms. The number of nitrogens with one attached hydrogen (secondary N) is 2. The van der Waals surface area contributed by atoms with E-state index in [1.54, 1.807) is 11.3 Å². The first-order valence-electron chi connectivity index (χ1n) is 6.98. The third-order valence-electron chi connectivity index (χ3n) is 3.43. The number of amides is 2. The van der Waals surface area contributed by atoms with Gasteiger partial charge in [0.1, 0.15) is 0 Å². The molecule has 1 aromatic heterocycles. The van der Waals surface area contributed by atoms with E-state index in [4.69, 9.17) is 11.6 Å². The Morgan fingerprint density at radius 3 is 2.76 bits per heavy atom. The van der Waals surface area contributed by atoms with E-state index in [0.717, 1.165) is 24.1 Å². The Morgan fingerprint density at radius 2 is 2.00 bits per heavy atom. The largest absolute Gasteiger partial charge is 0.334 e. The van der Waals surface area contributed by atoms with Crippen molar-refractivity contribution in [3.63, 3.8) is 0 Å². The number of carbonyl (C=O) groups excluding carboxylic acids is 1. The van der Waals surface area contributed by atoms with E-state index in [2.05, 4.69) is 15.6 Å². The molecular formula is C15H16ClN3OS. The molecule has 2 aromatic rings. The number of rotatable bonds is 3. The lowest BCUT2D eigenvalue weighted by molar-refractivity contribution is 0.251. The van der Waals surface area contributed by atoms with E-state index >= 15 is 0 Å². The first-order valence-corrected chi connectivity index (χ1v) is 8.18. The summed E-state index contributed by atoms with van der Waals surface area (Å²) in [5, 5.41) is 7.01. The van der Waals surface area contributed by atoms with Crippen LogP contribution in [0.5, 0.6) is 0 Å². The molecule has 0 radical (unpaired) electrons. The summed E-state index contributed by atoms with van der Waals surface area (Å²) in [4.78, 5) is 17.7. The van der Waals surface area contributed by atoms with Crippen LogP contribution in [0.2, 0.25) is 5.02 Å². The van der Waals surface area contributed by atoms with Crippen LogP contribution in [0.3, 0.4) is 0 Å². The van der Waals surface area contributed by atoms with Crippen LogP contribution in [-0.2, 0) is 19.4 Å². The molecule has 0 bridgehead atoms. The van der Waals surface area contributed by atoms with E-state index in [1.165, 1.54) is 17.7 Å². The molecule has 0 spiro atoms. The van der Waals surface area contributed by atoms with E-state index < -0.39 is 0 Å². The van der Waals surface area contributed by atoms with E-state index in [0.29, 0.717) is 16.7 Å². The van der Waals surface area contributed by atoms with Gasteiger partial charge in [-0.15, -0.1) is 11.3 Å². The van der Waals surface area contributed by atoms with Crippen molar-refractivity contribution in [2.45, 2.75) is 32.2 Å². The van der Waals surface area contributed by atoms with Gasteiger partial charge < -0.3 is 5.32 Å². The molecule has 3 rings (SSSR count). The minimum Gasteiger partial charge on any atom is -0.334 e. The third-order valence-corrected chi connectivity index (χ3v) is 4.76. The predicted molar refractivity (Wildman–Crippen MR) is 86.1 cm³/mol. The number of hydrogen-bond donors (Lipinski definition) is 2. The SMILES string of the molecule is O=C(NCc1ccc(Cl)cc1)Nc1nc2c(s1)CCCC2. The van der Waals surface area contributed by atoms with Gasteiger partial charge >= 0.3 is 6.03 Å². The summed E-state index contributed by atoms with van der Waals surface area (Å²) in [6.45, 7) is 0.466. The number of urea groups is 1. The van der Waals surface area contributed by atoms with Gasteiger partial charge in [-0.3, -0.25) is 5.32 Å². The molecule has 0 saturated carbocycles. The summed E-state index contributed by atoms with van der Waals surface area (Å²) < 4.78 is 0. The van der Waals surface area contributed by atoms with Crippen LogP contribution in [-0.4, -0.2) is 11.0 Å². The van der Waals surface area contributed by atoms with E-state index in [1.807, 2.05) is 24.3 Å². The predicted octanol–water partition coefficient (Wildman–Crippen LogP) is 4.00. The molecule has 1 aliphatic rings. The van der Waals surface area contributed by atoms with E-state index in [-0.39, 0.29) is 6.03 Å². The highest BCUT2D eigenvalue weighted by Gasteiger charge is 2.16. The molecule has 6 heteroatoms. The van der Waals surface area contributed by atoms with Crippen LogP contribution in [0.15, 0.2) is 24.3 Å². The first kappa shape index (κ1) is 14.4. The van der Waals surface area contributed by atoms with Gasteiger partial charge in [-0.05, 0) is 43.4 Å². The molecular weight excluding hydrogens is 306 g/mol. The maximum Gasteiger partial charge on any atom is 0.321 e. The second kappa shape index (κ2) is 6.45. The van der Waals surface area contributed by atoms with Gasteiger partial charge in [-0.1, -0.05) is 23.7 Å². The Kier molecular flexibility index (Phi) is 4.41. The van der Waals surface area contributed by atoms with Gasteiger partial charge in [0.05, 0.1) is 5.69 Å². The van der Waals surface area contributed by atoms with Gasteiger partial charge in [0.25, 0.3) is 0 Å². The normalized spacial score (nSPS) is 13.6. The number of aromatic nitrogens is 1. The van der Waals surface area contributed by atoms with Gasteiger partial charge in [0, 0.05) is 16.4 Å². The summed E-state index contributed by atoms with van der Waals surface area (Å²) in [5.74, 6) is 0. The van der Waals surface area contributed by atoms with Gasteiger partial charge in [0.15, 0.2) is 5.13 Å². The van der Waals surface area contributed by atoms with Gasteiger partial charge in [-0.2, -0.15) is 0 Å². The third kappa shape index (κ3) is 3.74. The molecule has 2 amide bonds. The van der Waals surface area contributed by atoms with Crippen molar-refractivity contribution in [3.8, 4) is 0 Å². The molecule has 0 fully saturated rings. The Labute approximate surface area is 132 Å². The molecule has 0 atom stereocenters. The number of aryl methyl sites for hydroxylation is 2. The van der Waals surface area contributed by atoms with Crippen molar-refractivity contribution >= 4 is 34.1 Å². The van der Waals surface area contributed by atoms with Gasteiger partial charge in [0.2, 0.25) is 0 Å². The lowest BCUT2D eigenvalue weighted by atomic mass is 10.0. The van der Waals surface area contributed by atoms with Crippen LogP contribution in [0.1, 0.15) is 29.0 Å². The molecule has 1 aliphatic carbocycles. The number of halogens is 1. The summed E-state index contributed by atoms with van der Waals surface area (Å²) in [6.07, 6.45) is 4.53. The average molecular weight is 322 g/mol. The first-order chi connectivity index (χ1) is 10.2. The minimum absolute atomic E-state index is 0.226.